The van der Waals surface area contributed by atoms with Gasteiger partial charge in [0.25, 0.3) is 0 Å². The zero-order valence-electron chi connectivity index (χ0n) is 11.6. The van der Waals surface area contributed by atoms with E-state index in [4.69, 9.17) is 23.2 Å². The molecule has 0 unspecified atom stereocenters. The number of alkyl halides is 2. The highest BCUT2D eigenvalue weighted by Gasteiger charge is 2.07. The highest BCUT2D eigenvalue weighted by Crippen LogP contribution is 2.20. The van der Waals surface area contributed by atoms with E-state index in [0.717, 1.165) is 5.56 Å². The van der Waals surface area contributed by atoms with Crippen LogP contribution in [0.2, 0.25) is 0 Å². The van der Waals surface area contributed by atoms with Crippen molar-refractivity contribution < 1.29 is 9.59 Å². The monoisotopic (exact) mass is 332 g/mol. The van der Waals surface area contributed by atoms with Crippen molar-refractivity contribution in [3.63, 3.8) is 0 Å². The largest absolute Gasteiger partial charge is 0.337 e. The molecule has 0 aliphatic carbocycles. The van der Waals surface area contributed by atoms with Gasteiger partial charge in [0.15, 0.2) is 0 Å². The van der Waals surface area contributed by atoms with Crippen LogP contribution in [0, 0.1) is 6.92 Å². The quantitative estimate of drug-likeness (QED) is 0.604. The number of aryl methyl sites for hydroxylation is 1. The molecule has 116 valence electrons. The summed E-state index contributed by atoms with van der Waals surface area (Å²) in [4.78, 5) is 23.1. The molecule has 0 spiro atoms. The Morgan fingerprint density at radius 1 is 1.00 bits per heavy atom. The molecule has 0 saturated heterocycles. The van der Waals surface area contributed by atoms with Crippen molar-refractivity contribution in [2.24, 2.45) is 0 Å². The minimum absolute atomic E-state index is 0.342. The van der Waals surface area contributed by atoms with Crippen LogP contribution < -0.4 is 21.3 Å². The number of rotatable bonds is 6. The Bertz CT molecular complexity index is 497. The number of hydrogen-bond donors (Lipinski definition) is 4. The third-order valence-corrected chi connectivity index (χ3v) is 2.88. The van der Waals surface area contributed by atoms with Gasteiger partial charge in [-0.25, -0.2) is 9.59 Å². The average molecular weight is 333 g/mol. The molecule has 0 fully saturated rings. The number of carbonyl (C=O) groups is 2. The van der Waals surface area contributed by atoms with E-state index in [0.29, 0.717) is 36.2 Å². The fourth-order valence-electron chi connectivity index (χ4n) is 1.50. The number of carbonyl (C=O) groups excluding carboxylic acids is 2. The summed E-state index contributed by atoms with van der Waals surface area (Å²) in [5.74, 6) is 0.684. The van der Waals surface area contributed by atoms with E-state index in [1.54, 1.807) is 18.2 Å². The van der Waals surface area contributed by atoms with Crippen LogP contribution in [-0.4, -0.2) is 36.9 Å². The van der Waals surface area contributed by atoms with Crippen LogP contribution in [0.25, 0.3) is 0 Å². The minimum atomic E-state index is -0.350. The maximum Gasteiger partial charge on any atom is 0.319 e. The van der Waals surface area contributed by atoms with Gasteiger partial charge in [0.05, 0.1) is 0 Å². The zero-order valence-corrected chi connectivity index (χ0v) is 13.1. The Hall–Kier alpha value is -1.66. The van der Waals surface area contributed by atoms with Gasteiger partial charge in [-0.15, -0.1) is 23.2 Å². The number of benzene rings is 1. The Morgan fingerprint density at radius 2 is 1.57 bits per heavy atom. The molecule has 0 bridgehead atoms. The van der Waals surface area contributed by atoms with E-state index in [-0.39, 0.29) is 12.1 Å². The first kappa shape index (κ1) is 17.4. The maximum atomic E-state index is 11.6. The van der Waals surface area contributed by atoms with Crippen molar-refractivity contribution in [3.8, 4) is 0 Å². The molecule has 0 heterocycles. The summed E-state index contributed by atoms with van der Waals surface area (Å²) in [5, 5.41) is 10.5. The lowest BCUT2D eigenvalue weighted by Crippen LogP contribution is -2.31. The van der Waals surface area contributed by atoms with Gasteiger partial charge in [-0.3, -0.25) is 0 Å². The topological polar surface area (TPSA) is 82.3 Å². The zero-order chi connectivity index (χ0) is 15.7. The lowest BCUT2D eigenvalue weighted by atomic mass is 10.2. The second-order valence-electron chi connectivity index (χ2n) is 4.17. The van der Waals surface area contributed by atoms with E-state index >= 15 is 0 Å². The Balaban J connectivity index is 2.66. The predicted octanol–water partition coefficient (Wildman–Crippen LogP) is 2.72. The molecule has 0 aliphatic heterocycles. The summed E-state index contributed by atoms with van der Waals surface area (Å²) < 4.78 is 0. The van der Waals surface area contributed by atoms with E-state index in [9.17, 15) is 9.59 Å². The summed E-state index contributed by atoms with van der Waals surface area (Å²) in [6.45, 7) is 2.62. The van der Waals surface area contributed by atoms with Gasteiger partial charge in [0.1, 0.15) is 0 Å². The number of amides is 4. The number of nitrogens with one attached hydrogen (secondary N) is 4. The van der Waals surface area contributed by atoms with Crippen LogP contribution in [0.1, 0.15) is 5.56 Å². The van der Waals surface area contributed by atoms with E-state index < -0.39 is 0 Å². The van der Waals surface area contributed by atoms with Crippen molar-refractivity contribution in [1.29, 1.82) is 0 Å². The second-order valence-corrected chi connectivity index (χ2v) is 4.93. The molecule has 0 saturated carbocycles. The summed E-state index contributed by atoms with van der Waals surface area (Å²) in [5.41, 5.74) is 2.06. The van der Waals surface area contributed by atoms with Crippen LogP contribution in [0.3, 0.4) is 0 Å². The molecule has 1 aromatic rings. The molecule has 4 N–H and O–H groups in total. The van der Waals surface area contributed by atoms with Gasteiger partial charge in [-0.1, -0.05) is 6.07 Å². The SMILES string of the molecule is Cc1ccc(NC(=O)NCCCl)cc1NC(=O)NCCCl. The highest BCUT2D eigenvalue weighted by atomic mass is 35.5. The molecule has 21 heavy (non-hydrogen) atoms. The molecule has 4 amide bonds. The molecule has 1 rings (SSSR count). The Morgan fingerprint density at radius 3 is 2.14 bits per heavy atom. The van der Waals surface area contributed by atoms with Gasteiger partial charge in [0.2, 0.25) is 0 Å². The third-order valence-electron chi connectivity index (χ3n) is 2.50. The van der Waals surface area contributed by atoms with Gasteiger partial charge in [-0.2, -0.15) is 0 Å². The molecule has 0 radical (unpaired) electrons. The van der Waals surface area contributed by atoms with Crippen molar-refractivity contribution in [1.82, 2.24) is 10.6 Å². The first-order chi connectivity index (χ1) is 10.1. The number of hydrogen-bond acceptors (Lipinski definition) is 2. The van der Waals surface area contributed by atoms with Gasteiger partial charge in [0, 0.05) is 36.2 Å². The van der Waals surface area contributed by atoms with E-state index in [2.05, 4.69) is 21.3 Å². The predicted molar refractivity (Wildman–Crippen MR) is 86.7 cm³/mol. The van der Waals surface area contributed by atoms with Crippen LogP contribution in [0.15, 0.2) is 18.2 Å². The second kappa shape index (κ2) is 9.31. The van der Waals surface area contributed by atoms with Crippen molar-refractivity contribution in [2.45, 2.75) is 6.92 Å². The maximum absolute atomic E-state index is 11.6. The van der Waals surface area contributed by atoms with E-state index in [1.165, 1.54) is 0 Å². The first-order valence-electron chi connectivity index (χ1n) is 6.39. The van der Waals surface area contributed by atoms with Crippen LogP contribution in [0.4, 0.5) is 21.0 Å². The normalized spacial score (nSPS) is 9.86. The fourth-order valence-corrected chi connectivity index (χ4v) is 1.69. The molecular weight excluding hydrogens is 315 g/mol. The van der Waals surface area contributed by atoms with Gasteiger partial charge >= 0.3 is 12.1 Å². The third kappa shape index (κ3) is 6.55. The minimum Gasteiger partial charge on any atom is -0.337 e. The number of halogens is 2. The van der Waals surface area contributed by atoms with Gasteiger partial charge < -0.3 is 21.3 Å². The summed E-state index contributed by atoms with van der Waals surface area (Å²) in [7, 11) is 0. The molecule has 0 aliphatic rings. The highest BCUT2D eigenvalue weighted by molar-refractivity contribution is 6.18. The van der Waals surface area contributed by atoms with Crippen molar-refractivity contribution in [2.75, 3.05) is 35.5 Å². The smallest absolute Gasteiger partial charge is 0.319 e. The Kier molecular flexibility index (Phi) is 7.71. The Labute approximate surface area is 133 Å². The molecular formula is C13H18Cl2N4O2. The molecule has 0 atom stereocenters. The van der Waals surface area contributed by atoms with Crippen LogP contribution in [0.5, 0.6) is 0 Å². The van der Waals surface area contributed by atoms with Crippen LogP contribution >= 0.6 is 23.2 Å². The standard InChI is InChI=1S/C13H18Cl2N4O2/c1-9-2-3-10(18-12(20)16-6-4-14)8-11(9)19-13(21)17-7-5-15/h2-3,8H,4-7H2,1H3,(H2,16,18,20)(H2,17,19,21). The molecule has 0 aromatic heterocycles. The van der Waals surface area contributed by atoms with Crippen LogP contribution in [-0.2, 0) is 0 Å². The summed E-state index contributed by atoms with van der Waals surface area (Å²) in [6.07, 6.45) is 0. The van der Waals surface area contributed by atoms with Crippen molar-refractivity contribution >= 4 is 46.6 Å². The number of urea groups is 2. The van der Waals surface area contributed by atoms with Gasteiger partial charge in [-0.05, 0) is 24.6 Å². The fraction of sp³-hybridized carbons (Fsp3) is 0.385. The lowest BCUT2D eigenvalue weighted by Gasteiger charge is -2.12. The summed E-state index contributed by atoms with van der Waals surface area (Å²) in [6, 6.07) is 4.53. The molecule has 1 aromatic carbocycles. The molecule has 6 nitrogen and oxygen atoms in total. The first-order valence-corrected chi connectivity index (χ1v) is 7.46. The summed E-state index contributed by atoms with van der Waals surface area (Å²) >= 11 is 11.0. The van der Waals surface area contributed by atoms with Crippen molar-refractivity contribution in [3.05, 3.63) is 23.8 Å². The molecule has 8 heteroatoms. The lowest BCUT2D eigenvalue weighted by molar-refractivity contribution is 0.252. The number of anilines is 2. The average Bonchev–Trinajstić information content (AvgIpc) is 2.46. The van der Waals surface area contributed by atoms with E-state index in [1.807, 2.05) is 6.92 Å².